The Bertz CT molecular complexity index is 396. The van der Waals surface area contributed by atoms with Crippen molar-refractivity contribution in [3.05, 3.63) is 23.9 Å². The summed E-state index contributed by atoms with van der Waals surface area (Å²) in [6.07, 6.45) is 6.69. The summed E-state index contributed by atoms with van der Waals surface area (Å²) in [6.45, 7) is 3.06. The fourth-order valence-corrected chi connectivity index (χ4v) is 2.29. The van der Waals surface area contributed by atoms with Crippen molar-refractivity contribution in [1.29, 1.82) is 0 Å². The minimum absolute atomic E-state index is 0.111. The highest BCUT2D eigenvalue weighted by atomic mass is 16.1. The average Bonchev–Trinajstić information content (AvgIpc) is 2.74. The van der Waals surface area contributed by atoms with Crippen LogP contribution in [0.5, 0.6) is 0 Å². The van der Waals surface area contributed by atoms with Gasteiger partial charge in [0.1, 0.15) is 5.82 Å². The van der Waals surface area contributed by atoms with Gasteiger partial charge in [-0.05, 0) is 25.0 Å². The van der Waals surface area contributed by atoms with Crippen LogP contribution in [0, 0.1) is 0 Å². The van der Waals surface area contributed by atoms with Gasteiger partial charge in [0, 0.05) is 32.4 Å². The normalized spacial score (nSPS) is 15.9. The first kappa shape index (κ1) is 13.8. The number of pyridine rings is 1. The summed E-state index contributed by atoms with van der Waals surface area (Å²) in [7, 11) is 0. The molecule has 1 amide bonds. The first-order valence-corrected chi connectivity index (χ1v) is 7.00. The van der Waals surface area contributed by atoms with E-state index in [9.17, 15) is 4.79 Å². The van der Waals surface area contributed by atoms with Crippen LogP contribution >= 0.6 is 0 Å². The molecule has 5 nitrogen and oxygen atoms in total. The van der Waals surface area contributed by atoms with Crippen molar-refractivity contribution in [2.24, 2.45) is 5.73 Å². The Morgan fingerprint density at radius 1 is 1.26 bits per heavy atom. The zero-order chi connectivity index (χ0) is 13.5. The third kappa shape index (κ3) is 3.92. The van der Waals surface area contributed by atoms with E-state index < -0.39 is 0 Å². The molecule has 104 valence electrons. The van der Waals surface area contributed by atoms with Crippen LogP contribution in [-0.4, -0.2) is 37.1 Å². The summed E-state index contributed by atoms with van der Waals surface area (Å²) in [5, 5.41) is 2.74. The summed E-state index contributed by atoms with van der Waals surface area (Å²) in [5.41, 5.74) is 5.94. The molecule has 2 rings (SSSR count). The minimum Gasteiger partial charge on any atom is -0.357 e. The Morgan fingerprint density at radius 3 is 2.58 bits per heavy atom. The molecule has 19 heavy (non-hydrogen) atoms. The Kier molecular flexibility index (Phi) is 5.15. The molecule has 3 N–H and O–H groups in total. The van der Waals surface area contributed by atoms with Crippen LogP contribution in [0.3, 0.4) is 0 Å². The zero-order valence-corrected chi connectivity index (χ0v) is 11.3. The van der Waals surface area contributed by atoms with Crippen molar-refractivity contribution in [1.82, 2.24) is 10.3 Å². The van der Waals surface area contributed by atoms with Crippen LogP contribution in [0.1, 0.15) is 36.0 Å². The molecular formula is C14H22N4O. The lowest BCUT2D eigenvalue weighted by Gasteiger charge is -2.21. The third-order valence-electron chi connectivity index (χ3n) is 3.37. The fraction of sp³-hybridized carbons (Fsp3) is 0.571. The first-order valence-electron chi connectivity index (χ1n) is 7.00. The van der Waals surface area contributed by atoms with Crippen LogP contribution in [-0.2, 0) is 0 Å². The number of rotatable bonds is 4. The van der Waals surface area contributed by atoms with Crippen LogP contribution in [0.25, 0.3) is 0 Å². The lowest BCUT2D eigenvalue weighted by Crippen LogP contribution is -2.29. The lowest BCUT2D eigenvalue weighted by molar-refractivity contribution is 0.0954. The summed E-state index contributed by atoms with van der Waals surface area (Å²) >= 11 is 0. The number of hydrogen-bond acceptors (Lipinski definition) is 4. The third-order valence-corrected chi connectivity index (χ3v) is 3.37. The molecule has 0 atom stereocenters. The molecule has 0 aromatic carbocycles. The maximum absolute atomic E-state index is 11.7. The van der Waals surface area contributed by atoms with Crippen LogP contribution in [0.4, 0.5) is 5.82 Å². The van der Waals surface area contributed by atoms with Crippen LogP contribution < -0.4 is 16.0 Å². The van der Waals surface area contributed by atoms with Gasteiger partial charge in [-0.1, -0.05) is 12.8 Å². The molecule has 1 saturated heterocycles. The Hall–Kier alpha value is -1.62. The van der Waals surface area contributed by atoms with Crippen molar-refractivity contribution in [3.63, 3.8) is 0 Å². The molecule has 1 aromatic rings. The van der Waals surface area contributed by atoms with Gasteiger partial charge in [-0.2, -0.15) is 0 Å². The van der Waals surface area contributed by atoms with Gasteiger partial charge in [-0.3, -0.25) is 4.79 Å². The number of hydrogen-bond donors (Lipinski definition) is 2. The highest BCUT2D eigenvalue weighted by Gasteiger charge is 2.12. The number of amides is 1. The van der Waals surface area contributed by atoms with Gasteiger partial charge in [0.15, 0.2) is 0 Å². The minimum atomic E-state index is -0.111. The number of carbonyl (C=O) groups excluding carboxylic acids is 1. The second-order valence-corrected chi connectivity index (χ2v) is 4.85. The van der Waals surface area contributed by atoms with Crippen molar-refractivity contribution < 1.29 is 4.79 Å². The Labute approximate surface area is 114 Å². The highest BCUT2D eigenvalue weighted by molar-refractivity contribution is 5.94. The monoisotopic (exact) mass is 262 g/mol. The molecule has 0 saturated carbocycles. The van der Waals surface area contributed by atoms with Crippen molar-refractivity contribution in [3.8, 4) is 0 Å². The largest absolute Gasteiger partial charge is 0.357 e. The van der Waals surface area contributed by atoms with E-state index in [-0.39, 0.29) is 5.91 Å². The van der Waals surface area contributed by atoms with E-state index in [4.69, 9.17) is 5.73 Å². The van der Waals surface area contributed by atoms with E-state index in [1.54, 1.807) is 6.20 Å². The molecule has 0 bridgehead atoms. The van der Waals surface area contributed by atoms with Gasteiger partial charge in [0.25, 0.3) is 5.91 Å². The van der Waals surface area contributed by atoms with E-state index in [1.165, 1.54) is 25.7 Å². The van der Waals surface area contributed by atoms with Gasteiger partial charge in [0.05, 0.1) is 5.56 Å². The zero-order valence-electron chi connectivity index (χ0n) is 11.3. The van der Waals surface area contributed by atoms with Crippen LogP contribution in [0.15, 0.2) is 18.3 Å². The topological polar surface area (TPSA) is 71.2 Å². The number of nitrogens with zero attached hydrogens (tertiary/aromatic N) is 2. The Morgan fingerprint density at radius 2 is 2.00 bits per heavy atom. The number of carbonyl (C=O) groups is 1. The number of aromatic nitrogens is 1. The van der Waals surface area contributed by atoms with Crippen molar-refractivity contribution in [2.75, 3.05) is 31.1 Å². The number of nitrogens with two attached hydrogens (primary N) is 1. The maximum atomic E-state index is 11.7. The molecule has 0 spiro atoms. The maximum Gasteiger partial charge on any atom is 0.252 e. The average molecular weight is 262 g/mol. The highest BCUT2D eigenvalue weighted by Crippen LogP contribution is 2.17. The molecule has 1 fully saturated rings. The Balaban J connectivity index is 1.98. The molecule has 1 aliphatic heterocycles. The first-order chi connectivity index (χ1) is 9.31. The van der Waals surface area contributed by atoms with E-state index >= 15 is 0 Å². The molecule has 0 unspecified atom stereocenters. The second kappa shape index (κ2) is 7.09. The number of anilines is 1. The number of nitrogens with one attached hydrogen (secondary N) is 1. The molecule has 2 heterocycles. The van der Waals surface area contributed by atoms with E-state index in [2.05, 4.69) is 15.2 Å². The predicted octanol–water partition coefficient (Wildman–Crippen LogP) is 1.15. The summed E-state index contributed by atoms with van der Waals surface area (Å²) in [5.74, 6) is 0.859. The summed E-state index contributed by atoms with van der Waals surface area (Å²) in [4.78, 5) is 18.4. The smallest absolute Gasteiger partial charge is 0.252 e. The molecule has 0 aliphatic carbocycles. The summed E-state index contributed by atoms with van der Waals surface area (Å²) in [6, 6.07) is 3.77. The molecule has 0 radical (unpaired) electrons. The molecule has 5 heteroatoms. The lowest BCUT2D eigenvalue weighted by atomic mass is 10.2. The second-order valence-electron chi connectivity index (χ2n) is 4.85. The molecule has 1 aliphatic rings. The standard InChI is InChI=1S/C14H22N4O/c15-7-8-16-14(19)12-5-6-13(17-11-12)18-9-3-1-2-4-10-18/h5-6,11H,1-4,7-10,15H2,(H,16,19). The summed E-state index contributed by atoms with van der Waals surface area (Å²) < 4.78 is 0. The van der Waals surface area contributed by atoms with E-state index in [1.807, 2.05) is 12.1 Å². The van der Waals surface area contributed by atoms with Crippen molar-refractivity contribution >= 4 is 11.7 Å². The van der Waals surface area contributed by atoms with E-state index in [0.717, 1.165) is 18.9 Å². The predicted molar refractivity (Wildman–Crippen MR) is 76.3 cm³/mol. The van der Waals surface area contributed by atoms with Gasteiger partial charge in [0.2, 0.25) is 0 Å². The quantitative estimate of drug-likeness (QED) is 0.854. The van der Waals surface area contributed by atoms with Gasteiger partial charge in [-0.15, -0.1) is 0 Å². The van der Waals surface area contributed by atoms with Gasteiger partial charge >= 0.3 is 0 Å². The van der Waals surface area contributed by atoms with Gasteiger partial charge in [-0.25, -0.2) is 4.98 Å². The van der Waals surface area contributed by atoms with Crippen molar-refractivity contribution in [2.45, 2.75) is 25.7 Å². The van der Waals surface area contributed by atoms with Gasteiger partial charge < -0.3 is 16.0 Å². The molecular weight excluding hydrogens is 240 g/mol. The SMILES string of the molecule is NCCNC(=O)c1ccc(N2CCCCCC2)nc1. The van der Waals surface area contributed by atoms with E-state index in [0.29, 0.717) is 18.7 Å². The van der Waals surface area contributed by atoms with Crippen LogP contribution in [0.2, 0.25) is 0 Å². The molecule has 1 aromatic heterocycles. The fourth-order valence-electron chi connectivity index (χ4n) is 2.29.